The predicted molar refractivity (Wildman–Crippen MR) is 79.5 cm³/mol. The van der Waals surface area contributed by atoms with Crippen molar-refractivity contribution in [1.82, 2.24) is 4.98 Å². The van der Waals surface area contributed by atoms with Crippen LogP contribution in [0.15, 0.2) is 22.6 Å². The fourth-order valence-electron chi connectivity index (χ4n) is 3.00. The Kier molecular flexibility index (Phi) is 3.53. The van der Waals surface area contributed by atoms with Crippen molar-refractivity contribution in [2.75, 3.05) is 24.2 Å². The lowest BCUT2D eigenvalue weighted by atomic mass is 9.74. The van der Waals surface area contributed by atoms with Crippen LogP contribution in [-0.4, -0.2) is 23.2 Å². The fourth-order valence-corrected chi connectivity index (χ4v) is 3.00. The van der Waals surface area contributed by atoms with Crippen molar-refractivity contribution < 1.29 is 9.52 Å². The molecule has 0 atom stereocenters. The van der Waals surface area contributed by atoms with E-state index >= 15 is 0 Å². The minimum Gasteiger partial charge on any atom is -0.423 e. The van der Waals surface area contributed by atoms with E-state index < -0.39 is 0 Å². The number of fused-ring (bicyclic) bond motifs is 1. The van der Waals surface area contributed by atoms with E-state index in [0.717, 1.165) is 12.8 Å². The van der Waals surface area contributed by atoms with E-state index in [-0.39, 0.29) is 12.0 Å². The number of nitrogens with two attached hydrogens (primary N) is 1. The molecule has 0 bridgehead atoms. The number of aliphatic hydroxyl groups excluding tert-OH is 1. The van der Waals surface area contributed by atoms with Gasteiger partial charge in [-0.15, -0.1) is 0 Å². The van der Waals surface area contributed by atoms with Crippen molar-refractivity contribution in [3.8, 4) is 0 Å². The first-order chi connectivity index (χ1) is 9.72. The van der Waals surface area contributed by atoms with Crippen LogP contribution in [0.1, 0.15) is 32.1 Å². The molecular formula is C15H21N3O2. The van der Waals surface area contributed by atoms with E-state index in [1.54, 1.807) is 0 Å². The Hall–Kier alpha value is -1.75. The van der Waals surface area contributed by atoms with Gasteiger partial charge < -0.3 is 20.6 Å². The lowest BCUT2D eigenvalue weighted by molar-refractivity contribution is 0.0939. The van der Waals surface area contributed by atoms with Crippen LogP contribution in [0.2, 0.25) is 0 Å². The van der Waals surface area contributed by atoms with E-state index in [9.17, 15) is 5.11 Å². The van der Waals surface area contributed by atoms with Crippen LogP contribution >= 0.6 is 0 Å². The molecule has 3 rings (SSSR count). The zero-order chi connectivity index (χ0) is 14.0. The molecule has 0 unspecified atom stereocenters. The Bertz CT molecular complexity index is 588. The Labute approximate surface area is 118 Å². The third-order valence-electron chi connectivity index (χ3n) is 4.31. The summed E-state index contributed by atoms with van der Waals surface area (Å²) in [6, 6.07) is 6.00. The second-order valence-electron chi connectivity index (χ2n) is 5.79. The zero-order valence-corrected chi connectivity index (χ0v) is 11.6. The van der Waals surface area contributed by atoms with Crippen molar-refractivity contribution in [3.63, 3.8) is 0 Å². The van der Waals surface area contributed by atoms with Gasteiger partial charge in [-0.2, -0.15) is 4.98 Å². The standard InChI is InChI=1S/C15H21N3O2/c16-11-5-4-6-12-13(11)18-14(20-12)17-9-15(10-19)7-2-1-3-8-15/h4-6,19H,1-3,7-10,16H2,(H,17,18). The van der Waals surface area contributed by atoms with E-state index in [2.05, 4.69) is 10.3 Å². The Morgan fingerprint density at radius 3 is 2.80 bits per heavy atom. The smallest absolute Gasteiger partial charge is 0.295 e. The molecule has 1 aromatic carbocycles. The summed E-state index contributed by atoms with van der Waals surface area (Å²) in [5, 5.41) is 12.9. The average molecular weight is 275 g/mol. The Morgan fingerprint density at radius 2 is 2.10 bits per heavy atom. The summed E-state index contributed by atoms with van der Waals surface area (Å²) >= 11 is 0. The summed E-state index contributed by atoms with van der Waals surface area (Å²) in [6.07, 6.45) is 5.74. The summed E-state index contributed by atoms with van der Waals surface area (Å²) in [5.41, 5.74) is 7.83. The van der Waals surface area contributed by atoms with Gasteiger partial charge in [-0.05, 0) is 25.0 Å². The molecule has 0 amide bonds. The lowest BCUT2D eigenvalue weighted by Crippen LogP contribution is -2.35. The number of aromatic nitrogens is 1. The van der Waals surface area contributed by atoms with Gasteiger partial charge >= 0.3 is 0 Å². The molecule has 0 spiro atoms. The van der Waals surface area contributed by atoms with E-state index in [4.69, 9.17) is 10.2 Å². The second-order valence-corrected chi connectivity index (χ2v) is 5.79. The SMILES string of the molecule is Nc1cccc2oc(NCC3(CO)CCCCC3)nc12. The van der Waals surface area contributed by atoms with Gasteiger partial charge in [0.25, 0.3) is 6.01 Å². The molecule has 5 heteroatoms. The summed E-state index contributed by atoms with van der Waals surface area (Å²) in [6.45, 7) is 0.901. The van der Waals surface area contributed by atoms with Crippen LogP contribution < -0.4 is 11.1 Å². The Balaban J connectivity index is 1.74. The van der Waals surface area contributed by atoms with Crippen molar-refractivity contribution in [2.45, 2.75) is 32.1 Å². The molecule has 2 aromatic rings. The minimum absolute atomic E-state index is 0.0373. The van der Waals surface area contributed by atoms with Gasteiger partial charge in [-0.3, -0.25) is 0 Å². The second kappa shape index (κ2) is 5.32. The molecule has 1 aliphatic carbocycles. The summed E-state index contributed by atoms with van der Waals surface area (Å²) in [5.74, 6) is 0. The number of benzene rings is 1. The molecule has 1 aliphatic rings. The highest BCUT2D eigenvalue weighted by Gasteiger charge is 2.31. The van der Waals surface area contributed by atoms with E-state index in [0.29, 0.717) is 29.3 Å². The fraction of sp³-hybridized carbons (Fsp3) is 0.533. The van der Waals surface area contributed by atoms with Gasteiger partial charge in [0.15, 0.2) is 5.58 Å². The van der Waals surface area contributed by atoms with Crippen LogP contribution in [0.3, 0.4) is 0 Å². The van der Waals surface area contributed by atoms with Crippen LogP contribution in [0, 0.1) is 5.41 Å². The molecule has 0 saturated heterocycles. The van der Waals surface area contributed by atoms with E-state index in [1.807, 2.05) is 18.2 Å². The third-order valence-corrected chi connectivity index (χ3v) is 4.31. The molecular weight excluding hydrogens is 254 g/mol. The third kappa shape index (κ3) is 2.45. The molecule has 4 N–H and O–H groups in total. The van der Waals surface area contributed by atoms with Crippen molar-refractivity contribution in [1.29, 1.82) is 0 Å². The van der Waals surface area contributed by atoms with Crippen molar-refractivity contribution >= 4 is 22.8 Å². The largest absolute Gasteiger partial charge is 0.423 e. The van der Waals surface area contributed by atoms with Gasteiger partial charge in [-0.1, -0.05) is 25.3 Å². The van der Waals surface area contributed by atoms with Crippen LogP contribution in [0.4, 0.5) is 11.7 Å². The van der Waals surface area contributed by atoms with Gasteiger partial charge in [0.2, 0.25) is 0 Å². The topological polar surface area (TPSA) is 84.3 Å². The minimum atomic E-state index is -0.0373. The molecule has 1 saturated carbocycles. The van der Waals surface area contributed by atoms with Crippen LogP contribution in [0.5, 0.6) is 0 Å². The maximum atomic E-state index is 9.69. The molecule has 1 aromatic heterocycles. The molecule has 0 aliphatic heterocycles. The highest BCUT2D eigenvalue weighted by molar-refractivity contribution is 5.86. The van der Waals surface area contributed by atoms with Gasteiger partial charge in [-0.25, -0.2) is 0 Å². The number of anilines is 2. The molecule has 0 radical (unpaired) electrons. The number of nitrogens with one attached hydrogen (secondary N) is 1. The predicted octanol–water partition coefficient (Wildman–Crippen LogP) is 2.76. The maximum Gasteiger partial charge on any atom is 0.295 e. The van der Waals surface area contributed by atoms with Crippen molar-refractivity contribution in [2.24, 2.45) is 5.41 Å². The van der Waals surface area contributed by atoms with Crippen LogP contribution in [0.25, 0.3) is 11.1 Å². The molecule has 108 valence electrons. The Morgan fingerprint density at radius 1 is 1.30 bits per heavy atom. The van der Waals surface area contributed by atoms with Gasteiger partial charge in [0.1, 0.15) is 5.52 Å². The summed E-state index contributed by atoms with van der Waals surface area (Å²) in [4.78, 5) is 4.38. The number of nitrogen functional groups attached to an aromatic ring is 1. The zero-order valence-electron chi connectivity index (χ0n) is 11.6. The highest BCUT2D eigenvalue weighted by Crippen LogP contribution is 2.36. The first kappa shape index (κ1) is 13.2. The highest BCUT2D eigenvalue weighted by atomic mass is 16.4. The summed E-state index contributed by atoms with van der Waals surface area (Å²) < 4.78 is 5.65. The number of para-hydroxylation sites is 1. The van der Waals surface area contributed by atoms with E-state index in [1.165, 1.54) is 19.3 Å². The van der Waals surface area contributed by atoms with Gasteiger partial charge in [0, 0.05) is 12.0 Å². The number of rotatable bonds is 4. The summed E-state index contributed by atoms with van der Waals surface area (Å²) in [7, 11) is 0. The average Bonchev–Trinajstić information content (AvgIpc) is 2.91. The number of oxazole rings is 1. The monoisotopic (exact) mass is 275 g/mol. The normalized spacial score (nSPS) is 18.2. The maximum absolute atomic E-state index is 9.69. The molecule has 1 heterocycles. The number of hydrogen-bond acceptors (Lipinski definition) is 5. The molecule has 20 heavy (non-hydrogen) atoms. The van der Waals surface area contributed by atoms with Gasteiger partial charge in [0.05, 0.1) is 12.3 Å². The number of nitrogens with zero attached hydrogens (tertiary/aromatic N) is 1. The number of hydrogen-bond donors (Lipinski definition) is 3. The quantitative estimate of drug-likeness (QED) is 0.747. The number of aliphatic hydroxyl groups is 1. The molecule has 1 fully saturated rings. The lowest BCUT2D eigenvalue weighted by Gasteiger charge is -2.35. The first-order valence-electron chi connectivity index (χ1n) is 7.22. The van der Waals surface area contributed by atoms with Crippen molar-refractivity contribution in [3.05, 3.63) is 18.2 Å². The first-order valence-corrected chi connectivity index (χ1v) is 7.22. The molecule has 5 nitrogen and oxygen atoms in total. The van der Waals surface area contributed by atoms with Crippen LogP contribution in [-0.2, 0) is 0 Å².